The molecule has 1 fully saturated rings. The van der Waals surface area contributed by atoms with Crippen LogP contribution in [0.3, 0.4) is 0 Å². The highest BCUT2D eigenvalue weighted by molar-refractivity contribution is 7.90. The van der Waals surface area contributed by atoms with Gasteiger partial charge in [-0.05, 0) is 62.4 Å². The summed E-state index contributed by atoms with van der Waals surface area (Å²) in [6, 6.07) is 8.94. The molecule has 2 heterocycles. The molecule has 1 saturated carbocycles. The number of benzene rings is 2. The topological polar surface area (TPSA) is 108 Å². The summed E-state index contributed by atoms with van der Waals surface area (Å²) >= 11 is 0. The highest BCUT2D eigenvalue weighted by Crippen LogP contribution is 2.40. The fraction of sp³-hybridized carbons (Fsp3) is 0.304. The minimum atomic E-state index is -3.37. The van der Waals surface area contributed by atoms with Crippen molar-refractivity contribution in [1.82, 2.24) is 9.72 Å². The number of hydrogen-bond acceptors (Lipinski definition) is 5. The molecule has 0 saturated heterocycles. The zero-order valence-corrected chi connectivity index (χ0v) is 18.4. The Kier molecular flexibility index (Phi) is 4.27. The van der Waals surface area contributed by atoms with Crippen molar-refractivity contribution in [1.29, 1.82) is 0 Å². The Morgan fingerprint density at radius 2 is 1.94 bits per heavy atom. The van der Waals surface area contributed by atoms with Gasteiger partial charge in [-0.15, -0.1) is 0 Å². The third-order valence-corrected chi connectivity index (χ3v) is 7.19. The van der Waals surface area contributed by atoms with Gasteiger partial charge in [0.1, 0.15) is 5.76 Å². The quantitative estimate of drug-likeness (QED) is 0.508. The van der Waals surface area contributed by atoms with E-state index >= 15 is 0 Å². The minimum Gasteiger partial charge on any atom is -0.366 e. The molecule has 8 heteroatoms. The highest BCUT2D eigenvalue weighted by atomic mass is 32.2. The number of aryl methyl sites for hydroxylation is 2. The first-order valence-electron chi connectivity index (χ1n) is 10.2. The molecule has 2 N–H and O–H groups in total. The van der Waals surface area contributed by atoms with E-state index < -0.39 is 15.7 Å². The number of sulfone groups is 1. The summed E-state index contributed by atoms with van der Waals surface area (Å²) in [4.78, 5) is 12.8. The monoisotopic (exact) mass is 437 g/mol. The summed E-state index contributed by atoms with van der Waals surface area (Å²) in [5.41, 5.74) is 10.1. The Morgan fingerprint density at radius 3 is 2.52 bits per heavy atom. The van der Waals surface area contributed by atoms with E-state index in [1.807, 2.05) is 26.0 Å². The van der Waals surface area contributed by atoms with Crippen LogP contribution in [0.1, 0.15) is 34.7 Å². The van der Waals surface area contributed by atoms with Crippen LogP contribution in [0.5, 0.6) is 0 Å². The second kappa shape index (κ2) is 6.68. The summed E-state index contributed by atoms with van der Waals surface area (Å²) in [5, 5.41) is 5.79. The molecule has 2 aromatic carbocycles. The summed E-state index contributed by atoms with van der Waals surface area (Å²) < 4.78 is 31.8. The third-order valence-electron chi connectivity index (χ3n) is 6.08. The van der Waals surface area contributed by atoms with Crippen molar-refractivity contribution < 1.29 is 17.7 Å². The van der Waals surface area contributed by atoms with Crippen molar-refractivity contribution in [2.45, 2.75) is 38.1 Å². The van der Waals surface area contributed by atoms with E-state index in [1.165, 1.54) is 6.26 Å². The molecule has 1 amide bonds. The lowest BCUT2D eigenvalue weighted by molar-refractivity contribution is 0.100. The number of carbonyl (C=O) groups is 1. The third kappa shape index (κ3) is 3.22. The summed E-state index contributed by atoms with van der Waals surface area (Å²) in [6.45, 7) is 4.41. The highest BCUT2D eigenvalue weighted by Gasteiger charge is 2.27. The number of primary amides is 1. The molecule has 0 aliphatic heterocycles. The predicted octanol–water partition coefficient (Wildman–Crippen LogP) is 3.98. The van der Waals surface area contributed by atoms with Gasteiger partial charge in [-0.3, -0.25) is 4.79 Å². The molecule has 31 heavy (non-hydrogen) atoms. The molecule has 0 bridgehead atoms. The molecule has 0 spiro atoms. The van der Waals surface area contributed by atoms with Gasteiger partial charge in [0.15, 0.2) is 9.84 Å². The van der Waals surface area contributed by atoms with Crippen molar-refractivity contribution in [2.75, 3.05) is 6.26 Å². The van der Waals surface area contributed by atoms with E-state index in [0.717, 1.165) is 58.0 Å². The molecule has 4 aromatic rings. The number of hydrogen-bond donors (Lipinski definition) is 1. The van der Waals surface area contributed by atoms with E-state index in [4.69, 9.17) is 10.3 Å². The van der Waals surface area contributed by atoms with Crippen LogP contribution in [0.4, 0.5) is 0 Å². The van der Waals surface area contributed by atoms with E-state index in [9.17, 15) is 13.2 Å². The van der Waals surface area contributed by atoms with Crippen LogP contribution in [0.15, 0.2) is 39.8 Å². The molecule has 0 radical (unpaired) electrons. The number of carbonyl (C=O) groups excluding carboxylic acids is 1. The second-order valence-electron chi connectivity index (χ2n) is 8.49. The van der Waals surface area contributed by atoms with Gasteiger partial charge in [0, 0.05) is 29.1 Å². The van der Waals surface area contributed by atoms with E-state index in [2.05, 4.69) is 9.72 Å². The second-order valence-corrected chi connectivity index (χ2v) is 10.5. The number of amides is 1. The minimum absolute atomic E-state index is 0.256. The van der Waals surface area contributed by atoms with Gasteiger partial charge < -0.3 is 14.8 Å². The van der Waals surface area contributed by atoms with Gasteiger partial charge in [-0.25, -0.2) is 8.42 Å². The van der Waals surface area contributed by atoms with Crippen molar-refractivity contribution in [3.8, 4) is 11.1 Å². The predicted molar refractivity (Wildman–Crippen MR) is 119 cm³/mol. The number of nitrogens with two attached hydrogens (primary N) is 1. The number of fused-ring (bicyclic) bond motifs is 3. The molecule has 0 atom stereocenters. The average molecular weight is 438 g/mol. The lowest BCUT2D eigenvalue weighted by atomic mass is 9.98. The molecule has 0 unspecified atom stereocenters. The first kappa shape index (κ1) is 19.8. The van der Waals surface area contributed by atoms with E-state index in [-0.39, 0.29) is 4.90 Å². The fourth-order valence-corrected chi connectivity index (χ4v) is 5.06. The molecule has 5 rings (SSSR count). The Bertz CT molecular complexity index is 1470. The first-order chi connectivity index (χ1) is 14.6. The molecule has 2 aromatic heterocycles. The molecule has 1 aliphatic rings. The van der Waals surface area contributed by atoms with Crippen LogP contribution in [0, 0.1) is 19.8 Å². The number of nitrogens with zero attached hydrogens (tertiary/aromatic N) is 2. The Morgan fingerprint density at radius 1 is 1.19 bits per heavy atom. The number of aromatic nitrogens is 2. The van der Waals surface area contributed by atoms with Crippen LogP contribution >= 0.6 is 0 Å². The maximum atomic E-state index is 12.5. The van der Waals surface area contributed by atoms with Gasteiger partial charge in [0.25, 0.3) is 5.91 Å². The zero-order valence-electron chi connectivity index (χ0n) is 17.6. The van der Waals surface area contributed by atoms with E-state index in [1.54, 1.807) is 18.2 Å². The molecule has 1 aliphatic carbocycles. The van der Waals surface area contributed by atoms with Crippen LogP contribution in [-0.2, 0) is 16.4 Å². The van der Waals surface area contributed by atoms with Crippen LogP contribution in [0.25, 0.3) is 32.9 Å². The lowest BCUT2D eigenvalue weighted by Gasteiger charge is -2.11. The van der Waals surface area contributed by atoms with Crippen LogP contribution in [0.2, 0.25) is 0 Å². The van der Waals surface area contributed by atoms with E-state index in [0.29, 0.717) is 17.2 Å². The van der Waals surface area contributed by atoms with Gasteiger partial charge in [-0.2, -0.15) is 0 Å². The fourth-order valence-electron chi connectivity index (χ4n) is 4.42. The Hall–Kier alpha value is -3.13. The van der Waals surface area contributed by atoms with Crippen LogP contribution < -0.4 is 5.73 Å². The average Bonchev–Trinajstić information content (AvgIpc) is 3.39. The van der Waals surface area contributed by atoms with Crippen molar-refractivity contribution in [3.63, 3.8) is 0 Å². The zero-order chi connectivity index (χ0) is 22.1. The molecule has 160 valence electrons. The van der Waals surface area contributed by atoms with Gasteiger partial charge in [-0.1, -0.05) is 11.2 Å². The largest absolute Gasteiger partial charge is 0.366 e. The van der Waals surface area contributed by atoms with Crippen molar-refractivity contribution >= 4 is 37.6 Å². The molecular formula is C23H23N3O4S. The molecular weight excluding hydrogens is 414 g/mol. The van der Waals surface area contributed by atoms with Crippen molar-refractivity contribution in [2.24, 2.45) is 11.7 Å². The normalized spacial score (nSPS) is 14.5. The summed E-state index contributed by atoms with van der Waals surface area (Å²) in [6.07, 6.45) is 3.44. The summed E-state index contributed by atoms with van der Waals surface area (Å²) in [5.74, 6) is 0.652. The maximum Gasteiger partial charge on any atom is 0.250 e. The summed E-state index contributed by atoms with van der Waals surface area (Å²) in [7, 11) is -3.37. The number of rotatable bonds is 5. The van der Waals surface area contributed by atoms with Gasteiger partial charge in [0.05, 0.1) is 27.2 Å². The van der Waals surface area contributed by atoms with Crippen LogP contribution in [-0.4, -0.2) is 30.3 Å². The maximum absolute atomic E-state index is 12.5. The van der Waals surface area contributed by atoms with Gasteiger partial charge in [0.2, 0.25) is 0 Å². The first-order valence-corrected chi connectivity index (χ1v) is 12.1. The smallest absolute Gasteiger partial charge is 0.250 e. The van der Waals surface area contributed by atoms with Crippen molar-refractivity contribution in [3.05, 3.63) is 47.3 Å². The standard InChI is InChI=1S/C23H23N3O4S/c1-12-21(13(2)30-25-12)15-8-18-17-7-6-16(31(3,28)29)10-20(17)26(11-14-4-5-14)22(18)19(9-15)23(24)27/h6-10,14H,4-5,11H2,1-3H3,(H2,24,27). The Labute approximate surface area is 179 Å². The lowest BCUT2D eigenvalue weighted by Crippen LogP contribution is -2.14. The van der Waals surface area contributed by atoms with Gasteiger partial charge >= 0.3 is 0 Å². The molecule has 7 nitrogen and oxygen atoms in total. The SMILES string of the molecule is Cc1noc(C)c1-c1cc(C(N)=O)c2c(c1)c1ccc(S(C)(=O)=O)cc1n2CC1CC1. The Balaban J connectivity index is 1.91.